The lowest BCUT2D eigenvalue weighted by Gasteiger charge is -2.26. The van der Waals surface area contributed by atoms with Crippen LogP contribution in [0.15, 0.2) is 144 Å². The van der Waals surface area contributed by atoms with Gasteiger partial charge in [0.1, 0.15) is 0 Å². The smallest absolute Gasteiger partial charge is 0.218 e. The lowest BCUT2D eigenvalue weighted by atomic mass is 9.83. The van der Waals surface area contributed by atoms with Crippen LogP contribution in [0.3, 0.4) is 0 Å². The summed E-state index contributed by atoms with van der Waals surface area (Å²) in [7, 11) is 2.21. The average molecular weight is 645 g/mol. The van der Waals surface area contributed by atoms with E-state index in [0.29, 0.717) is 0 Å². The van der Waals surface area contributed by atoms with Crippen LogP contribution in [0.25, 0.3) is 0 Å². The van der Waals surface area contributed by atoms with Crippen LogP contribution in [0.1, 0.15) is 69.7 Å². The van der Waals surface area contributed by atoms with E-state index >= 15 is 0 Å². The standard InChI is InChI=1S/C46H50N3/c1-9-48-41-27-21-33(3)31-39(41)46(6,7)43(48)29-25-35-23-22-34(24-28-42-45(4,5)38-30-32(2)20-26-40(38)47(42)8)44(35)49(36-16-12-10-13-17-36)37-18-14-11-15-19-37/h10-21,24-31H,9,22-23H2,1-8H3/q+1. The number of para-hydroxylation sites is 2. The normalized spacial score (nSPS) is 20.9. The summed E-state index contributed by atoms with van der Waals surface area (Å²) in [5.74, 6) is 0. The van der Waals surface area contributed by atoms with E-state index in [4.69, 9.17) is 0 Å². The van der Waals surface area contributed by atoms with Crippen LogP contribution in [-0.4, -0.2) is 19.3 Å². The Kier molecular flexibility index (Phi) is 8.35. The van der Waals surface area contributed by atoms with Gasteiger partial charge in [0.2, 0.25) is 17.1 Å². The van der Waals surface area contributed by atoms with Gasteiger partial charge in [-0.25, -0.2) is 0 Å². The Hall–Kier alpha value is -4.89. The lowest BCUT2D eigenvalue weighted by Crippen LogP contribution is -2.25. The van der Waals surface area contributed by atoms with Crippen LogP contribution in [0.5, 0.6) is 0 Å². The second-order valence-electron chi connectivity index (χ2n) is 14.9. The molecule has 49 heavy (non-hydrogen) atoms. The number of likely N-dealkylation sites (N-methyl/N-ethyl adjacent to an activating group) is 2. The molecule has 0 bridgehead atoms. The van der Waals surface area contributed by atoms with E-state index in [1.165, 1.54) is 73.3 Å². The molecule has 3 aliphatic rings. The molecule has 2 aliphatic heterocycles. The van der Waals surface area contributed by atoms with Gasteiger partial charge in [0, 0.05) is 82.6 Å². The largest absolute Gasteiger partial charge is 0.347 e. The monoisotopic (exact) mass is 644 g/mol. The molecule has 1 aliphatic carbocycles. The van der Waals surface area contributed by atoms with Crippen molar-refractivity contribution in [1.29, 1.82) is 0 Å². The van der Waals surface area contributed by atoms with Crippen LogP contribution < -0.4 is 14.4 Å². The SMILES string of the molecule is CCN1C(=CC=C2CC/C(=C\C=C3\N(C)c4ccc(C)cc4C3(C)C)C2=[N+](c2ccccc2)c2ccccc2)C(C)(C)c2cc(C)ccc21. The van der Waals surface area contributed by atoms with E-state index in [0.717, 1.165) is 19.4 Å². The molecule has 0 atom stereocenters. The third kappa shape index (κ3) is 5.60. The van der Waals surface area contributed by atoms with Crippen molar-refractivity contribution in [3.8, 4) is 0 Å². The van der Waals surface area contributed by atoms with Gasteiger partial charge in [0.15, 0.2) is 0 Å². The topological polar surface area (TPSA) is 9.49 Å². The molecule has 2 heterocycles. The third-order valence-corrected chi connectivity index (χ3v) is 11.0. The van der Waals surface area contributed by atoms with Gasteiger partial charge in [-0.1, -0.05) is 112 Å². The molecule has 0 unspecified atom stereocenters. The highest BCUT2D eigenvalue weighted by Crippen LogP contribution is 2.49. The van der Waals surface area contributed by atoms with Crippen molar-refractivity contribution in [2.45, 2.75) is 72.1 Å². The van der Waals surface area contributed by atoms with E-state index in [2.05, 4.69) is 191 Å². The fourth-order valence-corrected chi connectivity index (χ4v) is 8.32. The highest BCUT2D eigenvalue weighted by molar-refractivity contribution is 6.17. The number of benzene rings is 4. The summed E-state index contributed by atoms with van der Waals surface area (Å²) in [6, 6.07) is 35.5. The number of hydrogen-bond donors (Lipinski definition) is 0. The first kappa shape index (κ1) is 32.6. The van der Waals surface area contributed by atoms with Crippen LogP contribution in [-0.2, 0) is 10.8 Å². The Bertz CT molecular complexity index is 2030. The van der Waals surface area contributed by atoms with Gasteiger partial charge in [-0.3, -0.25) is 0 Å². The van der Waals surface area contributed by atoms with Gasteiger partial charge in [-0.05, 0) is 69.0 Å². The highest BCUT2D eigenvalue weighted by Gasteiger charge is 2.41. The third-order valence-electron chi connectivity index (χ3n) is 11.0. The van der Waals surface area contributed by atoms with Crippen LogP contribution in [0, 0.1) is 13.8 Å². The minimum absolute atomic E-state index is 0.0825. The van der Waals surface area contributed by atoms with Crippen LogP contribution >= 0.6 is 0 Å². The molecule has 4 aromatic rings. The molecule has 3 nitrogen and oxygen atoms in total. The van der Waals surface area contributed by atoms with Gasteiger partial charge in [-0.2, -0.15) is 4.58 Å². The molecule has 7 rings (SSSR count). The molecule has 0 N–H and O–H groups in total. The lowest BCUT2D eigenvalue weighted by molar-refractivity contribution is 0.633. The second-order valence-corrected chi connectivity index (χ2v) is 14.9. The number of fused-ring (bicyclic) bond motifs is 2. The maximum atomic E-state index is 2.51. The van der Waals surface area contributed by atoms with Crippen molar-refractivity contribution in [3.63, 3.8) is 0 Å². The number of allylic oxidation sites excluding steroid dienone is 8. The fraction of sp³-hybridized carbons (Fsp3) is 0.283. The predicted octanol–water partition coefficient (Wildman–Crippen LogP) is 11.2. The summed E-state index contributed by atoms with van der Waals surface area (Å²) in [4.78, 5) is 4.89. The van der Waals surface area contributed by atoms with E-state index < -0.39 is 0 Å². The summed E-state index contributed by atoms with van der Waals surface area (Å²) < 4.78 is 2.47. The second kappa shape index (κ2) is 12.5. The van der Waals surface area contributed by atoms with E-state index in [-0.39, 0.29) is 10.8 Å². The summed E-state index contributed by atoms with van der Waals surface area (Å²) >= 11 is 0. The molecule has 0 radical (unpaired) electrons. The average Bonchev–Trinajstić information content (AvgIpc) is 3.64. The number of hydrogen-bond acceptors (Lipinski definition) is 2. The Morgan fingerprint density at radius 2 is 1.08 bits per heavy atom. The quantitative estimate of drug-likeness (QED) is 0.200. The van der Waals surface area contributed by atoms with Crippen molar-refractivity contribution < 1.29 is 0 Å². The van der Waals surface area contributed by atoms with Crippen LogP contribution in [0.2, 0.25) is 0 Å². The predicted molar refractivity (Wildman–Crippen MR) is 211 cm³/mol. The summed E-state index contributed by atoms with van der Waals surface area (Å²) in [6.07, 6.45) is 11.6. The molecule has 1 saturated carbocycles. The zero-order chi connectivity index (χ0) is 34.5. The number of nitrogens with zero attached hydrogens (tertiary/aromatic N) is 3. The first-order valence-electron chi connectivity index (χ1n) is 17.9. The zero-order valence-electron chi connectivity index (χ0n) is 30.5. The molecule has 4 aromatic carbocycles. The molecule has 3 heteroatoms. The maximum absolute atomic E-state index is 2.51. The van der Waals surface area contributed by atoms with Crippen molar-refractivity contribution in [3.05, 3.63) is 166 Å². The van der Waals surface area contributed by atoms with E-state index in [9.17, 15) is 0 Å². The molecule has 0 spiro atoms. The first-order valence-corrected chi connectivity index (χ1v) is 17.9. The van der Waals surface area contributed by atoms with Crippen molar-refractivity contribution in [2.75, 3.05) is 23.4 Å². The maximum Gasteiger partial charge on any atom is 0.218 e. The summed E-state index contributed by atoms with van der Waals surface area (Å²) in [5, 5.41) is 0. The number of aryl methyl sites for hydroxylation is 2. The molecular weight excluding hydrogens is 595 g/mol. The molecular formula is C46H50N3+. The minimum atomic E-state index is -0.0847. The van der Waals surface area contributed by atoms with Gasteiger partial charge in [0.25, 0.3) is 0 Å². The van der Waals surface area contributed by atoms with Crippen molar-refractivity contribution in [2.24, 2.45) is 0 Å². The Balaban J connectivity index is 1.41. The number of anilines is 2. The van der Waals surface area contributed by atoms with Crippen molar-refractivity contribution in [1.82, 2.24) is 4.58 Å². The van der Waals surface area contributed by atoms with Gasteiger partial charge in [-0.15, -0.1) is 0 Å². The molecule has 0 saturated heterocycles. The first-order chi connectivity index (χ1) is 23.5. The van der Waals surface area contributed by atoms with Gasteiger partial charge < -0.3 is 9.80 Å². The Labute approximate surface area is 293 Å². The summed E-state index contributed by atoms with van der Waals surface area (Å²) in [5.41, 5.74) is 16.9. The molecule has 1 fully saturated rings. The fourth-order valence-electron chi connectivity index (χ4n) is 8.32. The van der Waals surface area contributed by atoms with E-state index in [1.54, 1.807) is 0 Å². The van der Waals surface area contributed by atoms with E-state index in [1.807, 2.05) is 0 Å². The summed E-state index contributed by atoms with van der Waals surface area (Å²) in [6.45, 7) is 17.1. The highest BCUT2D eigenvalue weighted by atomic mass is 15.2. The Morgan fingerprint density at radius 1 is 0.612 bits per heavy atom. The van der Waals surface area contributed by atoms with Gasteiger partial charge in [0.05, 0.1) is 0 Å². The molecule has 0 amide bonds. The van der Waals surface area contributed by atoms with Crippen LogP contribution in [0.4, 0.5) is 22.7 Å². The van der Waals surface area contributed by atoms with Gasteiger partial charge >= 0.3 is 0 Å². The number of rotatable bonds is 5. The minimum Gasteiger partial charge on any atom is -0.347 e. The molecule has 0 aromatic heterocycles. The molecule has 248 valence electrons. The zero-order valence-corrected chi connectivity index (χ0v) is 30.5. The van der Waals surface area contributed by atoms with Crippen molar-refractivity contribution >= 4 is 28.5 Å². The Morgan fingerprint density at radius 3 is 1.61 bits per heavy atom.